The standard InChI is InChI=1S/C18H17NO5S/c1-23-12-6-7-13(15(20)10-12)18(22)24-11-17(21)19-8-9-25-16-5-3-2-4-14(16)19/h2-7,10,20H,8-9,11H2,1H3. The number of hydrogen-bond donors (Lipinski definition) is 1. The Morgan fingerprint density at radius 1 is 1.24 bits per heavy atom. The fourth-order valence-electron chi connectivity index (χ4n) is 2.52. The van der Waals surface area contributed by atoms with Crippen LogP contribution < -0.4 is 9.64 Å². The van der Waals surface area contributed by atoms with Gasteiger partial charge in [0.1, 0.15) is 17.1 Å². The molecule has 2 aromatic carbocycles. The Hall–Kier alpha value is -2.67. The van der Waals surface area contributed by atoms with E-state index in [9.17, 15) is 14.7 Å². The van der Waals surface area contributed by atoms with Crippen molar-refractivity contribution in [3.8, 4) is 11.5 Å². The summed E-state index contributed by atoms with van der Waals surface area (Å²) in [5, 5.41) is 9.86. The number of rotatable bonds is 4. The van der Waals surface area contributed by atoms with Gasteiger partial charge in [-0.1, -0.05) is 12.1 Å². The van der Waals surface area contributed by atoms with E-state index in [1.54, 1.807) is 16.7 Å². The summed E-state index contributed by atoms with van der Waals surface area (Å²) in [7, 11) is 1.46. The fourth-order valence-corrected chi connectivity index (χ4v) is 3.52. The molecule has 1 heterocycles. The lowest BCUT2D eigenvalue weighted by Crippen LogP contribution is -2.38. The Bertz CT molecular complexity index is 808. The average Bonchev–Trinajstić information content (AvgIpc) is 2.65. The maximum absolute atomic E-state index is 12.4. The van der Waals surface area contributed by atoms with Crippen molar-refractivity contribution in [1.29, 1.82) is 0 Å². The van der Waals surface area contributed by atoms with Crippen LogP contribution in [-0.4, -0.2) is 43.0 Å². The predicted molar refractivity (Wildman–Crippen MR) is 94.5 cm³/mol. The second kappa shape index (κ2) is 7.48. The smallest absolute Gasteiger partial charge is 0.342 e. The molecule has 6 nitrogen and oxygen atoms in total. The van der Waals surface area contributed by atoms with Crippen LogP contribution in [-0.2, 0) is 9.53 Å². The van der Waals surface area contributed by atoms with Gasteiger partial charge in [0.25, 0.3) is 5.91 Å². The summed E-state index contributed by atoms with van der Waals surface area (Å²) in [6, 6.07) is 11.9. The molecule has 25 heavy (non-hydrogen) atoms. The number of hydrogen-bond acceptors (Lipinski definition) is 6. The summed E-state index contributed by atoms with van der Waals surface area (Å²) < 4.78 is 10.0. The molecule has 0 saturated carbocycles. The van der Waals surface area contributed by atoms with Crippen LogP contribution in [0.4, 0.5) is 5.69 Å². The maximum atomic E-state index is 12.4. The second-order valence-corrected chi connectivity index (χ2v) is 6.46. The summed E-state index contributed by atoms with van der Waals surface area (Å²) in [4.78, 5) is 27.2. The monoisotopic (exact) mass is 359 g/mol. The number of phenolic OH excluding ortho intramolecular Hbond substituents is 1. The lowest BCUT2D eigenvalue weighted by molar-refractivity contribution is -0.121. The van der Waals surface area contributed by atoms with Gasteiger partial charge in [-0.3, -0.25) is 4.79 Å². The van der Waals surface area contributed by atoms with Crippen molar-refractivity contribution < 1.29 is 24.2 Å². The Kier molecular flexibility index (Phi) is 5.14. The molecule has 1 amide bonds. The highest BCUT2D eigenvalue weighted by molar-refractivity contribution is 7.99. The van der Waals surface area contributed by atoms with Crippen LogP contribution in [0.2, 0.25) is 0 Å². The molecule has 0 bridgehead atoms. The first-order valence-electron chi connectivity index (χ1n) is 7.66. The third-order valence-corrected chi connectivity index (χ3v) is 4.82. The van der Waals surface area contributed by atoms with E-state index in [0.717, 1.165) is 16.3 Å². The molecule has 7 heteroatoms. The van der Waals surface area contributed by atoms with Crippen LogP contribution in [0.3, 0.4) is 0 Å². The summed E-state index contributed by atoms with van der Waals surface area (Å²) in [5.41, 5.74) is 0.815. The number of amides is 1. The van der Waals surface area contributed by atoms with Crippen molar-refractivity contribution >= 4 is 29.3 Å². The van der Waals surface area contributed by atoms with Gasteiger partial charge in [-0.05, 0) is 24.3 Å². The van der Waals surface area contributed by atoms with Gasteiger partial charge in [0.2, 0.25) is 0 Å². The molecule has 0 fully saturated rings. The average molecular weight is 359 g/mol. The van der Waals surface area contributed by atoms with E-state index in [4.69, 9.17) is 9.47 Å². The number of anilines is 1. The van der Waals surface area contributed by atoms with Crippen LogP contribution in [0.5, 0.6) is 11.5 Å². The van der Waals surface area contributed by atoms with E-state index in [1.807, 2.05) is 24.3 Å². The lowest BCUT2D eigenvalue weighted by atomic mass is 10.2. The predicted octanol–water partition coefficient (Wildman–Crippen LogP) is 2.70. The Morgan fingerprint density at radius 3 is 2.80 bits per heavy atom. The molecule has 0 radical (unpaired) electrons. The molecule has 1 aliphatic heterocycles. The minimum atomic E-state index is -0.756. The van der Waals surface area contributed by atoms with Crippen molar-refractivity contribution in [2.24, 2.45) is 0 Å². The van der Waals surface area contributed by atoms with E-state index >= 15 is 0 Å². The first-order valence-corrected chi connectivity index (χ1v) is 8.65. The van der Waals surface area contributed by atoms with Gasteiger partial charge in [-0.2, -0.15) is 0 Å². The molecular weight excluding hydrogens is 342 g/mol. The molecular formula is C18H17NO5S. The molecule has 0 atom stereocenters. The minimum Gasteiger partial charge on any atom is -0.507 e. The van der Waals surface area contributed by atoms with Gasteiger partial charge < -0.3 is 19.5 Å². The van der Waals surface area contributed by atoms with E-state index in [1.165, 1.54) is 25.3 Å². The van der Waals surface area contributed by atoms with Crippen molar-refractivity contribution in [3.63, 3.8) is 0 Å². The van der Waals surface area contributed by atoms with Gasteiger partial charge in [0.05, 0.1) is 12.8 Å². The molecule has 0 aliphatic carbocycles. The van der Waals surface area contributed by atoms with Gasteiger partial charge in [0, 0.05) is 23.3 Å². The third-order valence-electron chi connectivity index (χ3n) is 3.78. The van der Waals surface area contributed by atoms with Crippen LogP contribution >= 0.6 is 11.8 Å². The molecule has 0 saturated heterocycles. The number of para-hydroxylation sites is 1. The van der Waals surface area contributed by atoms with E-state index in [-0.39, 0.29) is 23.8 Å². The number of ether oxygens (including phenoxy) is 2. The largest absolute Gasteiger partial charge is 0.507 e. The van der Waals surface area contributed by atoms with E-state index < -0.39 is 5.97 Å². The number of phenols is 1. The number of carbonyl (C=O) groups excluding carboxylic acids is 2. The van der Waals surface area contributed by atoms with Crippen LogP contribution in [0.15, 0.2) is 47.4 Å². The van der Waals surface area contributed by atoms with Crippen molar-refractivity contribution in [3.05, 3.63) is 48.0 Å². The SMILES string of the molecule is COc1ccc(C(=O)OCC(=O)N2CCSc3ccccc32)c(O)c1. The van der Waals surface area contributed by atoms with Crippen molar-refractivity contribution in [2.45, 2.75) is 4.90 Å². The maximum Gasteiger partial charge on any atom is 0.342 e. The first-order chi connectivity index (χ1) is 12.1. The Balaban J connectivity index is 1.66. The van der Waals surface area contributed by atoms with E-state index in [0.29, 0.717) is 12.3 Å². The van der Waals surface area contributed by atoms with E-state index in [2.05, 4.69) is 0 Å². The Labute approximate surface area is 149 Å². The summed E-state index contributed by atoms with van der Waals surface area (Å²) >= 11 is 1.69. The normalized spacial score (nSPS) is 13.1. The van der Waals surface area contributed by atoms with Crippen LogP contribution in [0, 0.1) is 0 Å². The number of fused-ring (bicyclic) bond motifs is 1. The zero-order chi connectivity index (χ0) is 17.8. The third kappa shape index (κ3) is 3.71. The molecule has 1 N–H and O–H groups in total. The zero-order valence-corrected chi connectivity index (χ0v) is 14.4. The summed E-state index contributed by atoms with van der Waals surface area (Å²) in [5.74, 6) is -0.0954. The molecule has 130 valence electrons. The summed E-state index contributed by atoms with van der Waals surface area (Å²) in [6.45, 7) is 0.176. The quantitative estimate of drug-likeness (QED) is 0.846. The number of nitrogens with zero attached hydrogens (tertiary/aromatic N) is 1. The number of carbonyl (C=O) groups is 2. The van der Waals surface area contributed by atoms with Gasteiger partial charge in [-0.25, -0.2) is 4.79 Å². The molecule has 3 rings (SSSR count). The van der Waals surface area contributed by atoms with Crippen LogP contribution in [0.25, 0.3) is 0 Å². The number of aromatic hydroxyl groups is 1. The first kappa shape index (κ1) is 17.2. The molecule has 2 aromatic rings. The summed E-state index contributed by atoms with van der Waals surface area (Å²) in [6.07, 6.45) is 0. The van der Waals surface area contributed by atoms with Gasteiger partial charge in [-0.15, -0.1) is 11.8 Å². The molecule has 0 aromatic heterocycles. The molecule has 0 spiro atoms. The van der Waals surface area contributed by atoms with Gasteiger partial charge in [0.15, 0.2) is 6.61 Å². The van der Waals surface area contributed by atoms with Crippen molar-refractivity contribution in [1.82, 2.24) is 0 Å². The number of esters is 1. The van der Waals surface area contributed by atoms with Gasteiger partial charge >= 0.3 is 5.97 Å². The highest BCUT2D eigenvalue weighted by Gasteiger charge is 2.24. The number of methoxy groups -OCH3 is 1. The Morgan fingerprint density at radius 2 is 2.04 bits per heavy atom. The minimum absolute atomic E-state index is 0.0109. The fraction of sp³-hybridized carbons (Fsp3) is 0.222. The topological polar surface area (TPSA) is 76.1 Å². The van der Waals surface area contributed by atoms with Crippen LogP contribution in [0.1, 0.15) is 10.4 Å². The lowest BCUT2D eigenvalue weighted by Gasteiger charge is -2.28. The second-order valence-electron chi connectivity index (χ2n) is 5.32. The number of benzene rings is 2. The number of thioether (sulfide) groups is 1. The molecule has 0 unspecified atom stereocenters. The zero-order valence-electron chi connectivity index (χ0n) is 13.6. The highest BCUT2D eigenvalue weighted by Crippen LogP contribution is 2.34. The molecule has 1 aliphatic rings. The highest BCUT2D eigenvalue weighted by atomic mass is 32.2. The van der Waals surface area contributed by atoms with Crippen molar-refractivity contribution in [2.75, 3.05) is 30.9 Å².